The molecule has 3 aromatic rings. The molecule has 2 aromatic heterocycles. The van der Waals surface area contributed by atoms with Gasteiger partial charge in [0.1, 0.15) is 12.1 Å². The molecule has 3 rings (SSSR count). The summed E-state index contributed by atoms with van der Waals surface area (Å²) in [6.07, 6.45) is 2.27. The molecule has 0 N–H and O–H groups in total. The van der Waals surface area contributed by atoms with Crippen LogP contribution in [0.4, 0.5) is 4.39 Å². The normalized spacial score (nSPS) is 11.5. The summed E-state index contributed by atoms with van der Waals surface area (Å²) in [6.45, 7) is 6.15. The Morgan fingerprint density at radius 1 is 1.24 bits per heavy atom. The Morgan fingerprint density at radius 3 is 2.71 bits per heavy atom. The van der Waals surface area contributed by atoms with E-state index in [0.717, 1.165) is 23.4 Å². The predicted octanol–water partition coefficient (Wildman–Crippen LogP) is 3.44. The average molecular weight is 284 g/mol. The van der Waals surface area contributed by atoms with E-state index in [1.54, 1.807) is 16.6 Å². The Kier molecular flexibility index (Phi) is 3.41. The Bertz CT molecular complexity index is 792. The Hall–Kier alpha value is -2.30. The quantitative estimate of drug-likeness (QED) is 0.740. The Morgan fingerprint density at radius 2 is 2.00 bits per heavy atom. The third-order valence-electron chi connectivity index (χ3n) is 3.45. The van der Waals surface area contributed by atoms with Crippen LogP contribution in [0, 0.1) is 18.7 Å². The van der Waals surface area contributed by atoms with Crippen LogP contribution in [0.1, 0.15) is 25.2 Å². The molecule has 108 valence electrons. The molecular weight excluding hydrogens is 267 g/mol. The van der Waals surface area contributed by atoms with Crippen LogP contribution in [0.5, 0.6) is 0 Å². The molecule has 0 fully saturated rings. The van der Waals surface area contributed by atoms with E-state index in [9.17, 15) is 4.39 Å². The topological polar surface area (TPSA) is 43.1 Å². The summed E-state index contributed by atoms with van der Waals surface area (Å²) in [5.74, 6) is 0.736. The highest BCUT2D eigenvalue weighted by Gasteiger charge is 2.19. The molecule has 0 unspecified atom stereocenters. The molecule has 21 heavy (non-hydrogen) atoms. The van der Waals surface area contributed by atoms with Gasteiger partial charge in [0, 0.05) is 11.1 Å². The van der Waals surface area contributed by atoms with E-state index >= 15 is 0 Å². The first-order valence-electron chi connectivity index (χ1n) is 7.02. The Labute approximate surface area is 122 Å². The highest BCUT2D eigenvalue weighted by molar-refractivity contribution is 5.70. The number of fused-ring (bicyclic) bond motifs is 1. The van der Waals surface area contributed by atoms with Gasteiger partial charge >= 0.3 is 0 Å². The SMILES string of the molecule is Cc1nc2ncnn2c(CC(C)C)c1-c1ccccc1F. The van der Waals surface area contributed by atoms with Gasteiger partial charge in [0.2, 0.25) is 0 Å². The molecule has 0 spiro atoms. The van der Waals surface area contributed by atoms with Crippen molar-refractivity contribution in [1.29, 1.82) is 0 Å². The molecule has 0 amide bonds. The second-order valence-corrected chi connectivity index (χ2v) is 5.57. The first-order chi connectivity index (χ1) is 10.1. The molecule has 4 nitrogen and oxygen atoms in total. The summed E-state index contributed by atoms with van der Waals surface area (Å²) in [5, 5.41) is 4.25. The summed E-state index contributed by atoms with van der Waals surface area (Å²) in [4.78, 5) is 8.60. The van der Waals surface area contributed by atoms with Gasteiger partial charge in [-0.05, 0) is 25.3 Å². The van der Waals surface area contributed by atoms with E-state index in [0.29, 0.717) is 17.3 Å². The molecule has 0 aliphatic heterocycles. The van der Waals surface area contributed by atoms with Crippen molar-refractivity contribution in [3.63, 3.8) is 0 Å². The van der Waals surface area contributed by atoms with E-state index in [1.807, 2.05) is 13.0 Å². The second-order valence-electron chi connectivity index (χ2n) is 5.57. The highest BCUT2D eigenvalue weighted by Crippen LogP contribution is 2.30. The van der Waals surface area contributed by atoms with Crippen molar-refractivity contribution >= 4 is 5.78 Å². The van der Waals surface area contributed by atoms with Crippen molar-refractivity contribution in [3.05, 3.63) is 47.8 Å². The fourth-order valence-corrected chi connectivity index (χ4v) is 2.61. The van der Waals surface area contributed by atoms with Crippen molar-refractivity contribution in [2.75, 3.05) is 0 Å². The van der Waals surface area contributed by atoms with Gasteiger partial charge in [-0.15, -0.1) is 0 Å². The van der Waals surface area contributed by atoms with Crippen molar-refractivity contribution in [3.8, 4) is 11.1 Å². The van der Waals surface area contributed by atoms with E-state index in [1.165, 1.54) is 12.4 Å². The lowest BCUT2D eigenvalue weighted by atomic mass is 9.96. The van der Waals surface area contributed by atoms with E-state index in [4.69, 9.17) is 0 Å². The maximum atomic E-state index is 14.2. The van der Waals surface area contributed by atoms with Gasteiger partial charge in [-0.25, -0.2) is 13.9 Å². The van der Waals surface area contributed by atoms with Crippen molar-refractivity contribution < 1.29 is 4.39 Å². The average Bonchev–Trinajstić information content (AvgIpc) is 2.88. The lowest BCUT2D eigenvalue weighted by molar-refractivity contribution is 0.614. The zero-order valence-corrected chi connectivity index (χ0v) is 12.3. The highest BCUT2D eigenvalue weighted by atomic mass is 19.1. The van der Waals surface area contributed by atoms with Crippen LogP contribution in [0.2, 0.25) is 0 Å². The van der Waals surface area contributed by atoms with Crippen LogP contribution in [0.15, 0.2) is 30.6 Å². The summed E-state index contributed by atoms with van der Waals surface area (Å²) >= 11 is 0. The summed E-state index contributed by atoms with van der Waals surface area (Å²) in [6, 6.07) is 6.78. The van der Waals surface area contributed by atoms with Crippen molar-refractivity contribution in [2.24, 2.45) is 5.92 Å². The number of aryl methyl sites for hydroxylation is 1. The molecule has 0 radical (unpaired) electrons. The predicted molar refractivity (Wildman–Crippen MR) is 79.5 cm³/mol. The fraction of sp³-hybridized carbons (Fsp3) is 0.312. The Balaban J connectivity index is 2.35. The fourth-order valence-electron chi connectivity index (χ4n) is 2.61. The smallest absolute Gasteiger partial charge is 0.216 e. The minimum absolute atomic E-state index is 0.244. The van der Waals surface area contributed by atoms with Gasteiger partial charge in [0.15, 0.2) is 0 Å². The maximum absolute atomic E-state index is 14.2. The number of aromatic nitrogens is 4. The monoisotopic (exact) mass is 284 g/mol. The number of nitrogens with zero attached hydrogens (tertiary/aromatic N) is 4. The van der Waals surface area contributed by atoms with Crippen LogP contribution in [-0.4, -0.2) is 19.6 Å². The van der Waals surface area contributed by atoms with Crippen LogP contribution < -0.4 is 0 Å². The summed E-state index contributed by atoms with van der Waals surface area (Å²) in [7, 11) is 0. The molecule has 0 saturated heterocycles. The van der Waals surface area contributed by atoms with E-state index in [2.05, 4.69) is 28.9 Å². The summed E-state index contributed by atoms with van der Waals surface area (Å²) in [5.41, 5.74) is 3.11. The minimum atomic E-state index is -0.244. The third kappa shape index (κ3) is 2.39. The largest absolute Gasteiger partial charge is 0.252 e. The van der Waals surface area contributed by atoms with Crippen LogP contribution >= 0.6 is 0 Å². The molecule has 0 bridgehead atoms. The van der Waals surface area contributed by atoms with Gasteiger partial charge in [-0.1, -0.05) is 32.0 Å². The molecule has 2 heterocycles. The molecule has 0 aliphatic carbocycles. The minimum Gasteiger partial charge on any atom is -0.216 e. The van der Waals surface area contributed by atoms with E-state index < -0.39 is 0 Å². The maximum Gasteiger partial charge on any atom is 0.252 e. The lowest BCUT2D eigenvalue weighted by Crippen LogP contribution is -2.10. The van der Waals surface area contributed by atoms with Crippen LogP contribution in [0.25, 0.3) is 16.9 Å². The molecule has 0 atom stereocenters. The van der Waals surface area contributed by atoms with Crippen LogP contribution in [-0.2, 0) is 6.42 Å². The molecule has 0 saturated carbocycles. The number of rotatable bonds is 3. The zero-order chi connectivity index (χ0) is 15.0. The van der Waals surface area contributed by atoms with Gasteiger partial charge in [0.25, 0.3) is 5.78 Å². The first kappa shape index (κ1) is 13.7. The van der Waals surface area contributed by atoms with Gasteiger partial charge in [-0.2, -0.15) is 10.1 Å². The molecular formula is C16H17FN4. The number of halogens is 1. The van der Waals surface area contributed by atoms with Crippen molar-refractivity contribution in [2.45, 2.75) is 27.2 Å². The van der Waals surface area contributed by atoms with Gasteiger partial charge in [0.05, 0.1) is 11.4 Å². The van der Waals surface area contributed by atoms with Gasteiger partial charge < -0.3 is 0 Å². The number of hydrogen-bond acceptors (Lipinski definition) is 3. The number of benzene rings is 1. The van der Waals surface area contributed by atoms with Crippen molar-refractivity contribution in [1.82, 2.24) is 19.6 Å². The second kappa shape index (κ2) is 5.24. The molecule has 1 aromatic carbocycles. The third-order valence-corrected chi connectivity index (χ3v) is 3.45. The zero-order valence-electron chi connectivity index (χ0n) is 12.3. The molecule has 0 aliphatic rings. The van der Waals surface area contributed by atoms with E-state index in [-0.39, 0.29) is 5.82 Å². The summed E-state index contributed by atoms with van der Waals surface area (Å²) < 4.78 is 15.9. The standard InChI is InChI=1S/C16H17FN4/c1-10(2)8-14-15(12-6-4-5-7-13(12)17)11(3)20-16-18-9-19-21(14)16/h4-7,9-10H,8H2,1-3H3. The van der Waals surface area contributed by atoms with Crippen LogP contribution in [0.3, 0.4) is 0 Å². The lowest BCUT2D eigenvalue weighted by Gasteiger charge is -2.15. The van der Waals surface area contributed by atoms with Gasteiger partial charge in [-0.3, -0.25) is 0 Å². The molecule has 5 heteroatoms. The number of hydrogen-bond donors (Lipinski definition) is 0. The first-order valence-corrected chi connectivity index (χ1v) is 7.02.